The third-order valence-corrected chi connectivity index (χ3v) is 6.31. The number of nitrogens with one attached hydrogen (secondary N) is 1. The Morgan fingerprint density at radius 1 is 1.21 bits per heavy atom. The van der Waals surface area contributed by atoms with Crippen LogP contribution in [-0.4, -0.2) is 6.21 Å². The Bertz CT molecular complexity index is 726. The third kappa shape index (κ3) is 8.84. The van der Waals surface area contributed by atoms with Gasteiger partial charge in [0, 0.05) is 11.8 Å². The fraction of sp³-hybridized carbons (Fsp3) is 0.500. The monoisotopic (exact) mass is 389 g/mol. The highest BCUT2D eigenvalue weighted by Gasteiger charge is 2.19. The van der Waals surface area contributed by atoms with Crippen molar-refractivity contribution in [1.29, 1.82) is 5.41 Å². The summed E-state index contributed by atoms with van der Waals surface area (Å²) in [7, 11) is 0. The summed E-state index contributed by atoms with van der Waals surface area (Å²) in [5.41, 5.74) is 8.41. The molecular formula is C28H39N. The van der Waals surface area contributed by atoms with E-state index in [9.17, 15) is 0 Å². The van der Waals surface area contributed by atoms with E-state index in [1.54, 1.807) is 0 Å². The summed E-state index contributed by atoms with van der Waals surface area (Å²) in [6.07, 6.45) is 28.6. The summed E-state index contributed by atoms with van der Waals surface area (Å²) in [4.78, 5) is 0. The standard InChI is InChI=1S/C28H39N/c1-4-24-13-15-27(16-14-24)18-17-26(19-20-29)12-8-11-25(5-2)22-28-10-7-6-9-23(3)21-28/h5,7-8,10,12,19-20,22,24,27,29H,2,4,6,9,11,13-18H2,1,3H3/b12-8-,25-22+,26-19+,29-20?. The van der Waals surface area contributed by atoms with Crippen LogP contribution in [0.15, 0.2) is 77.1 Å². The van der Waals surface area contributed by atoms with Crippen molar-refractivity contribution in [3.05, 3.63) is 77.1 Å². The summed E-state index contributed by atoms with van der Waals surface area (Å²) < 4.78 is 0. The van der Waals surface area contributed by atoms with E-state index in [0.29, 0.717) is 0 Å². The molecule has 2 aliphatic carbocycles. The average Bonchev–Trinajstić information content (AvgIpc) is 2.95. The average molecular weight is 390 g/mol. The first-order chi connectivity index (χ1) is 14.1. The van der Waals surface area contributed by atoms with Gasteiger partial charge in [0.1, 0.15) is 0 Å². The molecule has 0 radical (unpaired) electrons. The summed E-state index contributed by atoms with van der Waals surface area (Å²) in [6, 6.07) is 0. The van der Waals surface area contributed by atoms with E-state index in [0.717, 1.165) is 43.1 Å². The Morgan fingerprint density at radius 3 is 2.66 bits per heavy atom. The minimum Gasteiger partial charge on any atom is -0.309 e. The molecule has 29 heavy (non-hydrogen) atoms. The van der Waals surface area contributed by atoms with Gasteiger partial charge in [-0.2, -0.15) is 0 Å². The van der Waals surface area contributed by atoms with Crippen LogP contribution in [-0.2, 0) is 0 Å². The van der Waals surface area contributed by atoms with E-state index < -0.39 is 0 Å². The molecule has 1 nitrogen and oxygen atoms in total. The second-order valence-electron chi connectivity index (χ2n) is 8.57. The van der Waals surface area contributed by atoms with Crippen LogP contribution in [0.25, 0.3) is 0 Å². The minimum atomic E-state index is 0.860. The molecule has 0 aromatic carbocycles. The molecule has 0 heterocycles. The summed E-state index contributed by atoms with van der Waals surface area (Å²) >= 11 is 0. The highest BCUT2D eigenvalue weighted by molar-refractivity contribution is 5.69. The predicted molar refractivity (Wildman–Crippen MR) is 128 cm³/mol. The van der Waals surface area contributed by atoms with Gasteiger partial charge in [0.25, 0.3) is 0 Å². The molecule has 2 rings (SSSR count). The molecule has 0 aromatic heterocycles. The summed E-state index contributed by atoms with van der Waals surface area (Å²) in [5, 5.41) is 7.49. The van der Waals surface area contributed by atoms with Crippen molar-refractivity contribution >= 4 is 6.21 Å². The number of rotatable bonds is 10. The first kappa shape index (κ1) is 23.2. The highest BCUT2D eigenvalue weighted by Crippen LogP contribution is 2.33. The van der Waals surface area contributed by atoms with Crippen LogP contribution in [0.4, 0.5) is 0 Å². The molecule has 1 fully saturated rings. The first-order valence-corrected chi connectivity index (χ1v) is 11.5. The largest absolute Gasteiger partial charge is 0.309 e. The fourth-order valence-electron chi connectivity index (χ4n) is 4.32. The normalized spacial score (nSPS) is 23.5. The Balaban J connectivity index is 1.91. The van der Waals surface area contributed by atoms with Gasteiger partial charge < -0.3 is 5.41 Å². The van der Waals surface area contributed by atoms with Gasteiger partial charge in [-0.15, -0.1) is 5.73 Å². The van der Waals surface area contributed by atoms with Gasteiger partial charge >= 0.3 is 0 Å². The van der Waals surface area contributed by atoms with Crippen molar-refractivity contribution in [2.45, 2.75) is 78.1 Å². The van der Waals surface area contributed by atoms with Crippen LogP contribution in [0.3, 0.4) is 0 Å². The van der Waals surface area contributed by atoms with Crippen molar-refractivity contribution in [2.75, 3.05) is 0 Å². The molecule has 0 saturated heterocycles. The predicted octanol–water partition coefficient (Wildman–Crippen LogP) is 8.44. The van der Waals surface area contributed by atoms with E-state index in [1.165, 1.54) is 61.5 Å². The summed E-state index contributed by atoms with van der Waals surface area (Å²) in [6.45, 7) is 8.47. The lowest BCUT2D eigenvalue weighted by atomic mass is 9.78. The van der Waals surface area contributed by atoms with Gasteiger partial charge in [0.2, 0.25) is 0 Å². The molecule has 0 atom stereocenters. The fourth-order valence-corrected chi connectivity index (χ4v) is 4.32. The van der Waals surface area contributed by atoms with Crippen LogP contribution >= 0.6 is 0 Å². The van der Waals surface area contributed by atoms with Gasteiger partial charge in [-0.1, -0.05) is 76.0 Å². The minimum absolute atomic E-state index is 0.860. The molecule has 2 aliphatic rings. The smallest absolute Gasteiger partial charge is 0.0180 e. The van der Waals surface area contributed by atoms with Gasteiger partial charge in [-0.25, -0.2) is 0 Å². The first-order valence-electron chi connectivity index (χ1n) is 11.5. The van der Waals surface area contributed by atoms with Gasteiger partial charge in [0.15, 0.2) is 0 Å². The van der Waals surface area contributed by atoms with E-state index in [2.05, 4.69) is 56.5 Å². The molecule has 0 unspecified atom stereocenters. The molecule has 0 spiro atoms. The second kappa shape index (κ2) is 13.2. The van der Waals surface area contributed by atoms with E-state index >= 15 is 0 Å². The quantitative estimate of drug-likeness (QED) is 0.220. The van der Waals surface area contributed by atoms with Crippen LogP contribution in [0, 0.1) is 17.2 Å². The van der Waals surface area contributed by atoms with Crippen LogP contribution in [0.1, 0.15) is 78.1 Å². The van der Waals surface area contributed by atoms with Crippen molar-refractivity contribution < 1.29 is 0 Å². The lowest BCUT2D eigenvalue weighted by Gasteiger charge is -2.27. The Hall–Kier alpha value is -2.11. The molecule has 0 amide bonds. The molecule has 0 aliphatic heterocycles. The van der Waals surface area contributed by atoms with Gasteiger partial charge in [-0.3, -0.25) is 0 Å². The Morgan fingerprint density at radius 2 is 1.97 bits per heavy atom. The van der Waals surface area contributed by atoms with Gasteiger partial charge in [-0.05, 0) is 79.7 Å². The molecular weight excluding hydrogens is 350 g/mol. The Labute approximate surface area is 178 Å². The summed E-state index contributed by atoms with van der Waals surface area (Å²) in [5.74, 6) is 1.83. The molecule has 1 heteroatoms. The SMILES string of the molecule is C=C/C(=C\C1=C=C(C)CCC=C1)C/C=C\C(=C/C=N)CCC1CCC(CC)CC1. The molecule has 1 N–H and O–H groups in total. The molecule has 0 aromatic rings. The maximum atomic E-state index is 7.49. The van der Waals surface area contributed by atoms with Crippen molar-refractivity contribution in [3.8, 4) is 0 Å². The maximum Gasteiger partial charge on any atom is 0.0180 e. The van der Waals surface area contributed by atoms with E-state index in [1.807, 2.05) is 12.2 Å². The van der Waals surface area contributed by atoms with Crippen molar-refractivity contribution in [1.82, 2.24) is 0 Å². The Kier molecular flexibility index (Phi) is 10.5. The molecule has 156 valence electrons. The third-order valence-electron chi connectivity index (χ3n) is 6.31. The lowest BCUT2D eigenvalue weighted by molar-refractivity contribution is 0.259. The zero-order valence-electron chi connectivity index (χ0n) is 18.6. The highest BCUT2D eigenvalue weighted by atomic mass is 14.3. The zero-order chi connectivity index (χ0) is 20.9. The number of allylic oxidation sites excluding steroid dienone is 10. The van der Waals surface area contributed by atoms with Gasteiger partial charge in [0.05, 0.1) is 0 Å². The molecule has 1 saturated carbocycles. The lowest BCUT2D eigenvalue weighted by Crippen LogP contribution is -2.13. The topological polar surface area (TPSA) is 23.9 Å². The van der Waals surface area contributed by atoms with Crippen LogP contribution in [0.2, 0.25) is 0 Å². The maximum absolute atomic E-state index is 7.49. The van der Waals surface area contributed by atoms with E-state index in [-0.39, 0.29) is 0 Å². The zero-order valence-corrected chi connectivity index (χ0v) is 18.6. The van der Waals surface area contributed by atoms with Crippen molar-refractivity contribution in [3.63, 3.8) is 0 Å². The number of hydrogen-bond donors (Lipinski definition) is 1. The van der Waals surface area contributed by atoms with Crippen molar-refractivity contribution in [2.24, 2.45) is 11.8 Å². The van der Waals surface area contributed by atoms with Crippen LogP contribution < -0.4 is 0 Å². The number of hydrogen-bond acceptors (Lipinski definition) is 1. The van der Waals surface area contributed by atoms with Crippen LogP contribution in [0.5, 0.6) is 0 Å². The molecule has 0 bridgehead atoms. The second-order valence-corrected chi connectivity index (χ2v) is 8.57. The van der Waals surface area contributed by atoms with E-state index in [4.69, 9.17) is 5.41 Å².